The predicted octanol–water partition coefficient (Wildman–Crippen LogP) is 12.2. The molecule has 0 radical (unpaired) electrons. The van der Waals surface area contributed by atoms with Gasteiger partial charge in [0.1, 0.15) is 0 Å². The quantitative estimate of drug-likeness (QED) is 0.0569. The van der Waals surface area contributed by atoms with Gasteiger partial charge in [0, 0.05) is 33.4 Å². The predicted molar refractivity (Wildman–Crippen MR) is 232 cm³/mol. The summed E-state index contributed by atoms with van der Waals surface area (Å²) in [6.45, 7) is 28.0. The molecule has 304 valence electrons. The van der Waals surface area contributed by atoms with E-state index in [4.69, 9.17) is 34.8 Å². The van der Waals surface area contributed by atoms with Crippen molar-refractivity contribution in [1.29, 1.82) is 0 Å². The summed E-state index contributed by atoms with van der Waals surface area (Å²) < 4.78 is 50.5. The SMILES string of the molecule is C.C.C.C.C.C.C.C.CC[Si](C)(O[Si](C)(C)C)O[Si](C)(CCCOC)O[Si](C)(CCCOCCCC(=O)OC)O[Si](C)(C)O[Si](C)(C)C. The van der Waals surface area contributed by atoms with E-state index in [0.29, 0.717) is 32.7 Å². The van der Waals surface area contributed by atoms with Gasteiger partial charge < -0.3 is 34.8 Å². The summed E-state index contributed by atoms with van der Waals surface area (Å²) in [7, 11) is -10.9. The molecule has 0 aromatic rings. The van der Waals surface area contributed by atoms with Gasteiger partial charge >= 0.3 is 40.2 Å². The van der Waals surface area contributed by atoms with Gasteiger partial charge in [-0.05, 0) is 109 Å². The van der Waals surface area contributed by atoms with Gasteiger partial charge in [-0.15, -0.1) is 0 Å². The molecule has 0 aliphatic heterocycles. The smallest absolute Gasteiger partial charge is 0.317 e. The molecule has 3 unspecified atom stereocenters. The van der Waals surface area contributed by atoms with Crippen molar-refractivity contribution in [3.63, 3.8) is 0 Å². The third-order valence-corrected chi connectivity index (χ3v) is 28.8. The largest absolute Gasteiger partial charge is 0.469 e. The molecule has 0 rings (SSSR count). The summed E-state index contributed by atoms with van der Waals surface area (Å²) in [5.41, 5.74) is 0. The Bertz CT molecular complexity index is 739. The van der Waals surface area contributed by atoms with E-state index in [1.807, 2.05) is 0 Å². The lowest BCUT2D eigenvalue weighted by atomic mass is 10.3. The van der Waals surface area contributed by atoms with Crippen LogP contribution in [-0.4, -0.2) is 90.9 Å². The van der Waals surface area contributed by atoms with Crippen LogP contribution in [0.2, 0.25) is 90.1 Å². The molecule has 0 fully saturated rings. The summed E-state index contributed by atoms with van der Waals surface area (Å²) in [5, 5.41) is 0. The van der Waals surface area contributed by atoms with Gasteiger partial charge in [-0.1, -0.05) is 66.3 Å². The summed E-state index contributed by atoms with van der Waals surface area (Å²) in [5.74, 6) is -0.210. The second-order valence-corrected chi connectivity index (χ2v) is 37.2. The molecule has 0 spiro atoms. The molecule has 0 bridgehead atoms. The van der Waals surface area contributed by atoms with E-state index in [1.54, 1.807) is 7.11 Å². The Labute approximate surface area is 311 Å². The molecule has 0 aliphatic rings. The zero-order valence-corrected chi connectivity index (χ0v) is 34.2. The average molecular weight is 804 g/mol. The maximum absolute atomic E-state index is 11.4. The Morgan fingerprint density at radius 2 is 0.896 bits per heavy atom. The minimum Gasteiger partial charge on any atom is -0.469 e. The maximum atomic E-state index is 11.4. The number of hydrogen-bond acceptors (Lipinski definition) is 9. The zero-order valence-electron chi connectivity index (χ0n) is 28.2. The van der Waals surface area contributed by atoms with Crippen molar-refractivity contribution in [3.05, 3.63) is 0 Å². The number of rotatable bonds is 23. The van der Waals surface area contributed by atoms with E-state index in [-0.39, 0.29) is 65.4 Å². The molecule has 0 heterocycles. The van der Waals surface area contributed by atoms with Gasteiger partial charge in [0.25, 0.3) is 0 Å². The van der Waals surface area contributed by atoms with Crippen LogP contribution in [0.3, 0.4) is 0 Å². The zero-order chi connectivity index (χ0) is 31.3. The molecule has 0 saturated carbocycles. The third-order valence-electron chi connectivity index (χ3n) is 5.84. The summed E-state index contributed by atoms with van der Waals surface area (Å²) in [6.07, 6.45) is 2.68. The van der Waals surface area contributed by atoms with Crippen LogP contribution in [0.1, 0.15) is 92.0 Å². The second kappa shape index (κ2) is 31.1. The molecule has 0 aliphatic carbocycles. The van der Waals surface area contributed by atoms with Gasteiger partial charge in [0.15, 0.2) is 16.6 Å². The Morgan fingerprint density at radius 3 is 1.29 bits per heavy atom. The van der Waals surface area contributed by atoms with Crippen molar-refractivity contribution in [2.75, 3.05) is 34.0 Å². The molecule has 3 atom stereocenters. The minimum absolute atomic E-state index is 0. The van der Waals surface area contributed by atoms with Gasteiger partial charge in [0.2, 0.25) is 0 Å². The molecule has 0 amide bonds. The van der Waals surface area contributed by atoms with Gasteiger partial charge in [-0.2, -0.15) is 0 Å². The first kappa shape index (κ1) is 70.1. The molecule has 0 saturated heterocycles. The number of ether oxygens (including phenoxy) is 3. The van der Waals surface area contributed by atoms with Crippen LogP contribution in [0.5, 0.6) is 0 Å². The van der Waals surface area contributed by atoms with Crippen LogP contribution in [0.25, 0.3) is 0 Å². The summed E-state index contributed by atoms with van der Waals surface area (Å²) in [4.78, 5) is 11.4. The fourth-order valence-electron chi connectivity index (χ4n) is 4.81. The Kier molecular flexibility index (Phi) is 45.4. The highest BCUT2D eigenvalue weighted by atomic mass is 28.5. The normalized spacial score (nSPS) is 14.7. The Morgan fingerprint density at radius 1 is 0.500 bits per heavy atom. The number of esters is 1. The lowest BCUT2D eigenvalue weighted by Gasteiger charge is -2.45. The molecule has 0 aromatic carbocycles. The molecule has 48 heavy (non-hydrogen) atoms. The number of carbonyl (C=O) groups excluding carboxylic acids is 1. The third kappa shape index (κ3) is 34.9. The first-order chi connectivity index (χ1) is 18.1. The molecule has 0 aromatic heterocycles. The molecule has 15 heteroatoms. The number of methoxy groups -OCH3 is 2. The minimum atomic E-state index is -2.76. The van der Waals surface area contributed by atoms with Crippen LogP contribution in [0.15, 0.2) is 0 Å². The topological polar surface area (TPSA) is 90.9 Å². The fraction of sp³-hybridized carbons (Fsp3) is 0.970. The van der Waals surface area contributed by atoms with Crippen molar-refractivity contribution in [2.24, 2.45) is 0 Å². The van der Waals surface area contributed by atoms with Crippen molar-refractivity contribution in [1.82, 2.24) is 0 Å². The van der Waals surface area contributed by atoms with Gasteiger partial charge in [-0.3, -0.25) is 4.79 Å². The fourth-order valence-corrected chi connectivity index (χ4v) is 33.9. The van der Waals surface area contributed by atoms with E-state index < -0.39 is 50.9 Å². The Balaban J connectivity index is -0.000000272. The highest BCUT2D eigenvalue weighted by Gasteiger charge is 2.51. The van der Waals surface area contributed by atoms with E-state index in [1.165, 1.54) is 7.11 Å². The van der Waals surface area contributed by atoms with E-state index in [0.717, 1.165) is 31.0 Å². The van der Waals surface area contributed by atoms with Crippen LogP contribution >= 0.6 is 0 Å². The number of hydrogen-bond donors (Lipinski definition) is 0. The molecular formula is C33H94O9Si6. The highest BCUT2D eigenvalue weighted by molar-refractivity contribution is 6.91. The first-order valence-corrected chi connectivity index (χ1v) is 32.0. The van der Waals surface area contributed by atoms with Crippen LogP contribution in [0, 0.1) is 0 Å². The first-order valence-electron chi connectivity index (χ1n) is 14.8. The van der Waals surface area contributed by atoms with E-state index in [9.17, 15) is 4.79 Å². The van der Waals surface area contributed by atoms with Gasteiger partial charge in [0.05, 0.1) is 7.11 Å². The monoisotopic (exact) mass is 803 g/mol. The van der Waals surface area contributed by atoms with Crippen molar-refractivity contribution in [2.45, 2.75) is 182 Å². The van der Waals surface area contributed by atoms with Crippen molar-refractivity contribution in [3.8, 4) is 0 Å². The molecular weight excluding hydrogens is 709 g/mol. The maximum Gasteiger partial charge on any atom is 0.317 e. The lowest BCUT2D eigenvalue weighted by molar-refractivity contribution is -0.141. The van der Waals surface area contributed by atoms with Crippen LogP contribution < -0.4 is 0 Å². The molecule has 9 nitrogen and oxygen atoms in total. The van der Waals surface area contributed by atoms with Gasteiger partial charge in [-0.25, -0.2) is 0 Å². The van der Waals surface area contributed by atoms with Crippen LogP contribution in [0.4, 0.5) is 0 Å². The standard InChI is InChI=1S/C25H62O9Si6.8CH4/c1-15-38(12,31-36(7,8)9)33-40(14,23-17-20-27-2)34-39(13,32-37(10,11)30-35(4,5)6)24-18-22-29-21-16-19-25(26)28-3;;;;;;;;/h15-24H2,1-14H3;8*1H4. The van der Waals surface area contributed by atoms with E-state index >= 15 is 0 Å². The average Bonchev–Trinajstić information content (AvgIpc) is 2.74. The summed E-state index contributed by atoms with van der Waals surface area (Å²) in [6, 6.07) is 2.45. The van der Waals surface area contributed by atoms with Crippen LogP contribution in [-0.2, 0) is 39.6 Å². The number of carbonyl (C=O) groups is 1. The van der Waals surface area contributed by atoms with Crippen molar-refractivity contribution < 1.29 is 39.6 Å². The van der Waals surface area contributed by atoms with E-state index in [2.05, 4.69) is 78.9 Å². The molecule has 0 N–H and O–H groups in total. The highest BCUT2D eigenvalue weighted by Crippen LogP contribution is 2.33. The summed E-state index contributed by atoms with van der Waals surface area (Å²) >= 11 is 0. The second-order valence-electron chi connectivity index (χ2n) is 13.4. The van der Waals surface area contributed by atoms with Crippen molar-refractivity contribution >= 4 is 56.8 Å². The Hall–Kier alpha value is 0.491. The lowest BCUT2D eigenvalue weighted by Crippen LogP contribution is -2.62.